The van der Waals surface area contributed by atoms with Crippen LogP contribution in [0.1, 0.15) is 43.0 Å². The minimum absolute atomic E-state index is 0.247. The van der Waals surface area contributed by atoms with Crippen LogP contribution in [0.15, 0.2) is 22.7 Å². The van der Waals surface area contributed by atoms with E-state index in [9.17, 15) is 9.90 Å². The van der Waals surface area contributed by atoms with Gasteiger partial charge in [0.1, 0.15) is 0 Å². The van der Waals surface area contributed by atoms with Crippen LogP contribution in [0, 0.1) is 5.92 Å². The number of nitrogens with one attached hydrogen (secondary N) is 1. The van der Waals surface area contributed by atoms with Crippen LogP contribution < -0.4 is 5.32 Å². The van der Waals surface area contributed by atoms with E-state index in [4.69, 9.17) is 11.6 Å². The highest BCUT2D eigenvalue weighted by Crippen LogP contribution is 2.32. The number of amides is 1. The van der Waals surface area contributed by atoms with Crippen LogP contribution in [0.5, 0.6) is 0 Å². The molecule has 0 bridgehead atoms. The van der Waals surface area contributed by atoms with Crippen molar-refractivity contribution < 1.29 is 9.90 Å². The molecule has 1 amide bonds. The van der Waals surface area contributed by atoms with E-state index in [2.05, 4.69) is 28.2 Å². The Balaban J connectivity index is 2.00. The molecule has 0 heterocycles. The second-order valence-electron chi connectivity index (χ2n) is 5.71. The van der Waals surface area contributed by atoms with Gasteiger partial charge in [0.15, 0.2) is 0 Å². The van der Waals surface area contributed by atoms with Gasteiger partial charge in [0.05, 0.1) is 16.2 Å². The molecule has 0 radical (unpaired) electrons. The number of hydrogen-bond acceptors (Lipinski definition) is 2. The van der Waals surface area contributed by atoms with E-state index >= 15 is 0 Å². The van der Waals surface area contributed by atoms with E-state index < -0.39 is 5.60 Å². The van der Waals surface area contributed by atoms with Gasteiger partial charge < -0.3 is 10.4 Å². The van der Waals surface area contributed by atoms with Crippen molar-refractivity contribution in [3.8, 4) is 0 Å². The Kier molecular flexibility index (Phi) is 5.10. The Morgan fingerprint density at radius 3 is 3.05 bits per heavy atom. The van der Waals surface area contributed by atoms with Gasteiger partial charge in [-0.15, -0.1) is 0 Å². The predicted molar refractivity (Wildman–Crippen MR) is 84.1 cm³/mol. The molecular formula is C15H19BrClNO2. The van der Waals surface area contributed by atoms with Gasteiger partial charge in [0, 0.05) is 11.0 Å². The van der Waals surface area contributed by atoms with Crippen molar-refractivity contribution in [1.29, 1.82) is 0 Å². The predicted octanol–water partition coefficient (Wildman–Crippen LogP) is 3.77. The van der Waals surface area contributed by atoms with Crippen molar-refractivity contribution in [2.75, 3.05) is 6.54 Å². The molecule has 0 saturated heterocycles. The first-order valence-electron chi connectivity index (χ1n) is 6.86. The molecule has 2 atom stereocenters. The maximum absolute atomic E-state index is 12.2. The average molecular weight is 361 g/mol. The van der Waals surface area contributed by atoms with Gasteiger partial charge in [-0.2, -0.15) is 0 Å². The number of carbonyl (C=O) groups excluding carboxylic acids is 1. The molecule has 1 aliphatic rings. The first kappa shape index (κ1) is 15.8. The summed E-state index contributed by atoms with van der Waals surface area (Å²) < 4.78 is 0.691. The first-order valence-corrected chi connectivity index (χ1v) is 8.03. The van der Waals surface area contributed by atoms with Crippen LogP contribution in [0.4, 0.5) is 0 Å². The van der Waals surface area contributed by atoms with Gasteiger partial charge in [-0.1, -0.05) is 37.4 Å². The fourth-order valence-electron chi connectivity index (χ4n) is 2.81. The molecular weight excluding hydrogens is 342 g/mol. The number of hydrogen-bond donors (Lipinski definition) is 2. The normalized spacial score (nSPS) is 26.3. The van der Waals surface area contributed by atoms with Crippen LogP contribution in [-0.2, 0) is 0 Å². The summed E-state index contributed by atoms with van der Waals surface area (Å²) in [4.78, 5) is 12.2. The van der Waals surface area contributed by atoms with Gasteiger partial charge in [0.2, 0.25) is 0 Å². The molecule has 1 aromatic carbocycles. The van der Waals surface area contributed by atoms with Gasteiger partial charge >= 0.3 is 0 Å². The molecule has 2 unspecified atom stereocenters. The van der Waals surface area contributed by atoms with Gasteiger partial charge in [-0.25, -0.2) is 0 Å². The quantitative estimate of drug-likeness (QED) is 0.862. The highest BCUT2D eigenvalue weighted by atomic mass is 79.9. The van der Waals surface area contributed by atoms with Crippen LogP contribution in [0.2, 0.25) is 5.02 Å². The smallest absolute Gasteiger partial charge is 0.252 e. The molecule has 110 valence electrons. The molecule has 1 saturated carbocycles. The highest BCUT2D eigenvalue weighted by Gasteiger charge is 2.33. The Morgan fingerprint density at radius 1 is 1.60 bits per heavy atom. The highest BCUT2D eigenvalue weighted by molar-refractivity contribution is 9.10. The lowest BCUT2D eigenvalue weighted by atomic mass is 9.79. The molecule has 0 spiro atoms. The Morgan fingerprint density at radius 2 is 2.35 bits per heavy atom. The molecule has 5 heteroatoms. The maximum atomic E-state index is 12.2. The van der Waals surface area contributed by atoms with Crippen molar-refractivity contribution >= 4 is 33.4 Å². The Labute approximate surface area is 132 Å². The second-order valence-corrected chi connectivity index (χ2v) is 6.94. The van der Waals surface area contributed by atoms with Crippen molar-refractivity contribution in [2.45, 2.75) is 38.2 Å². The third-order valence-corrected chi connectivity index (χ3v) is 5.14. The summed E-state index contributed by atoms with van der Waals surface area (Å²) in [5.41, 5.74) is -0.361. The average Bonchev–Trinajstić information content (AvgIpc) is 2.39. The summed E-state index contributed by atoms with van der Waals surface area (Å²) >= 11 is 9.40. The van der Waals surface area contributed by atoms with E-state index in [-0.39, 0.29) is 12.5 Å². The summed E-state index contributed by atoms with van der Waals surface area (Å²) in [5, 5.41) is 13.7. The molecule has 1 aromatic rings. The number of halogens is 2. The topological polar surface area (TPSA) is 49.3 Å². The molecule has 2 N–H and O–H groups in total. The molecule has 0 aliphatic heterocycles. The summed E-state index contributed by atoms with van der Waals surface area (Å²) in [7, 11) is 0. The maximum Gasteiger partial charge on any atom is 0.252 e. The van der Waals surface area contributed by atoms with Crippen molar-refractivity contribution in [2.24, 2.45) is 5.92 Å². The second kappa shape index (κ2) is 6.46. The largest absolute Gasteiger partial charge is 0.388 e. The number of benzene rings is 1. The molecule has 3 nitrogen and oxygen atoms in total. The molecule has 1 aliphatic carbocycles. The number of carbonyl (C=O) groups is 1. The molecule has 20 heavy (non-hydrogen) atoms. The minimum atomic E-state index is -0.786. The van der Waals surface area contributed by atoms with E-state index in [1.54, 1.807) is 18.2 Å². The van der Waals surface area contributed by atoms with Crippen molar-refractivity contribution in [3.63, 3.8) is 0 Å². The standard InChI is InChI=1S/C15H19BrClNO2/c1-10-4-3-7-15(20,8-10)9-18-14(19)11-5-2-6-12(16)13(11)17/h2,5-6,10,20H,3-4,7-9H2,1H3,(H,18,19). The van der Waals surface area contributed by atoms with Gasteiger partial charge in [0.25, 0.3) is 5.91 Å². The third kappa shape index (κ3) is 3.74. The molecule has 1 fully saturated rings. The Bertz CT molecular complexity index is 509. The minimum Gasteiger partial charge on any atom is -0.388 e. The lowest BCUT2D eigenvalue weighted by molar-refractivity contribution is -0.0109. The van der Waals surface area contributed by atoms with E-state index in [0.29, 0.717) is 21.0 Å². The first-order chi connectivity index (χ1) is 9.41. The lowest BCUT2D eigenvalue weighted by Gasteiger charge is -2.35. The zero-order chi connectivity index (χ0) is 14.8. The van der Waals surface area contributed by atoms with Gasteiger partial charge in [-0.05, 0) is 46.8 Å². The van der Waals surface area contributed by atoms with Crippen molar-refractivity contribution in [3.05, 3.63) is 33.3 Å². The third-order valence-electron chi connectivity index (χ3n) is 3.84. The summed E-state index contributed by atoms with van der Waals surface area (Å²) in [6.07, 6.45) is 3.63. The zero-order valence-corrected chi connectivity index (χ0v) is 13.8. The van der Waals surface area contributed by atoms with E-state index in [0.717, 1.165) is 25.7 Å². The number of rotatable bonds is 3. The van der Waals surface area contributed by atoms with E-state index in [1.807, 2.05) is 0 Å². The SMILES string of the molecule is CC1CCCC(O)(CNC(=O)c2cccc(Br)c2Cl)C1. The summed E-state index contributed by atoms with van der Waals surface area (Å²) in [5.74, 6) is 0.253. The fraction of sp³-hybridized carbons (Fsp3) is 0.533. The van der Waals surface area contributed by atoms with Crippen molar-refractivity contribution in [1.82, 2.24) is 5.32 Å². The van der Waals surface area contributed by atoms with Crippen LogP contribution >= 0.6 is 27.5 Å². The molecule has 2 rings (SSSR count). The lowest BCUT2D eigenvalue weighted by Crippen LogP contribution is -2.45. The number of aliphatic hydroxyl groups is 1. The zero-order valence-electron chi connectivity index (χ0n) is 11.5. The van der Waals surface area contributed by atoms with E-state index in [1.165, 1.54) is 0 Å². The Hall–Kier alpha value is -0.580. The molecule has 0 aromatic heterocycles. The van der Waals surface area contributed by atoms with Crippen LogP contribution in [-0.4, -0.2) is 23.2 Å². The van der Waals surface area contributed by atoms with Crippen LogP contribution in [0.25, 0.3) is 0 Å². The fourth-order valence-corrected chi connectivity index (χ4v) is 3.39. The summed E-state index contributed by atoms with van der Waals surface area (Å²) in [6, 6.07) is 5.23. The van der Waals surface area contributed by atoms with Gasteiger partial charge in [-0.3, -0.25) is 4.79 Å². The monoisotopic (exact) mass is 359 g/mol. The summed E-state index contributed by atoms with van der Waals surface area (Å²) in [6.45, 7) is 2.41. The van der Waals surface area contributed by atoms with Crippen LogP contribution in [0.3, 0.4) is 0 Å².